The zero-order chi connectivity index (χ0) is 17.4. The quantitative estimate of drug-likeness (QED) is 0.625. The molecule has 2 aromatic heterocycles. The van der Waals surface area contributed by atoms with Crippen molar-refractivity contribution >= 4 is 11.6 Å². The van der Waals surface area contributed by atoms with Crippen LogP contribution >= 0.6 is 0 Å². The van der Waals surface area contributed by atoms with Crippen LogP contribution in [0.3, 0.4) is 0 Å². The van der Waals surface area contributed by atoms with Crippen LogP contribution in [-0.2, 0) is 0 Å². The minimum Gasteiger partial charge on any atom is -0.366 e. The SMILES string of the molecule is NC(=O)c1ccc(F)c(-c2ccccc2)c1-c1cc2ncccn2n1. The van der Waals surface area contributed by atoms with Gasteiger partial charge in [-0.2, -0.15) is 5.10 Å². The Bertz CT molecular complexity index is 1060. The van der Waals surface area contributed by atoms with Crippen molar-refractivity contribution in [2.75, 3.05) is 0 Å². The summed E-state index contributed by atoms with van der Waals surface area (Å²) in [7, 11) is 0. The van der Waals surface area contributed by atoms with Gasteiger partial charge < -0.3 is 5.73 Å². The first-order chi connectivity index (χ1) is 12.1. The second kappa shape index (κ2) is 5.83. The zero-order valence-corrected chi connectivity index (χ0v) is 13.1. The van der Waals surface area contributed by atoms with Crippen LogP contribution in [0, 0.1) is 5.82 Å². The van der Waals surface area contributed by atoms with Gasteiger partial charge in [-0.15, -0.1) is 0 Å². The number of nitrogens with two attached hydrogens (primary N) is 1. The highest BCUT2D eigenvalue weighted by Crippen LogP contribution is 2.36. The highest BCUT2D eigenvalue weighted by atomic mass is 19.1. The Labute approximate surface area is 142 Å². The maximum absolute atomic E-state index is 14.7. The van der Waals surface area contributed by atoms with Crippen molar-refractivity contribution < 1.29 is 9.18 Å². The molecule has 0 atom stereocenters. The number of amides is 1. The Morgan fingerprint density at radius 3 is 2.56 bits per heavy atom. The Hall–Kier alpha value is -3.54. The number of primary amides is 1. The van der Waals surface area contributed by atoms with Gasteiger partial charge in [-0.05, 0) is 23.8 Å². The average Bonchev–Trinajstić information content (AvgIpc) is 3.05. The highest BCUT2D eigenvalue weighted by Gasteiger charge is 2.22. The van der Waals surface area contributed by atoms with Crippen molar-refractivity contribution in [1.82, 2.24) is 14.6 Å². The third-order valence-electron chi connectivity index (χ3n) is 3.97. The van der Waals surface area contributed by atoms with Gasteiger partial charge in [0.25, 0.3) is 0 Å². The van der Waals surface area contributed by atoms with Crippen molar-refractivity contribution in [3.8, 4) is 22.4 Å². The Morgan fingerprint density at radius 2 is 1.84 bits per heavy atom. The molecule has 1 amide bonds. The number of rotatable bonds is 3. The van der Waals surface area contributed by atoms with Crippen LogP contribution in [0.5, 0.6) is 0 Å². The number of fused-ring (bicyclic) bond motifs is 1. The van der Waals surface area contributed by atoms with E-state index in [0.717, 1.165) is 0 Å². The molecule has 2 heterocycles. The fourth-order valence-electron chi connectivity index (χ4n) is 2.89. The van der Waals surface area contributed by atoms with Crippen LogP contribution in [0.4, 0.5) is 4.39 Å². The van der Waals surface area contributed by atoms with Gasteiger partial charge in [-0.3, -0.25) is 4.79 Å². The van der Waals surface area contributed by atoms with E-state index in [4.69, 9.17) is 5.73 Å². The second-order valence-corrected chi connectivity index (χ2v) is 5.53. The second-order valence-electron chi connectivity index (χ2n) is 5.53. The van der Waals surface area contributed by atoms with E-state index in [0.29, 0.717) is 28.0 Å². The lowest BCUT2D eigenvalue weighted by Gasteiger charge is -2.13. The van der Waals surface area contributed by atoms with Crippen LogP contribution in [-0.4, -0.2) is 20.5 Å². The molecule has 2 aromatic carbocycles. The molecule has 4 rings (SSSR count). The number of nitrogens with zero attached hydrogens (tertiary/aromatic N) is 3. The standard InChI is InChI=1S/C19H13FN4O/c20-14-8-7-13(19(21)25)18(17(14)12-5-2-1-3-6-12)15-11-16-22-9-4-10-24(16)23-15/h1-11H,(H2,21,25). The van der Waals surface area contributed by atoms with Gasteiger partial charge in [0, 0.05) is 35.2 Å². The van der Waals surface area contributed by atoms with E-state index in [1.165, 1.54) is 12.1 Å². The lowest BCUT2D eigenvalue weighted by molar-refractivity contribution is 0.100. The molecule has 0 bridgehead atoms. The monoisotopic (exact) mass is 332 g/mol. The summed E-state index contributed by atoms with van der Waals surface area (Å²) < 4.78 is 16.3. The molecule has 5 nitrogen and oxygen atoms in total. The number of benzene rings is 2. The largest absolute Gasteiger partial charge is 0.366 e. The predicted octanol–water partition coefficient (Wildman–Crippen LogP) is 3.30. The fraction of sp³-hybridized carbons (Fsp3) is 0. The third kappa shape index (κ3) is 2.53. The summed E-state index contributed by atoms with van der Waals surface area (Å²) in [4.78, 5) is 16.2. The summed E-state index contributed by atoms with van der Waals surface area (Å²) in [6, 6.07) is 15.1. The van der Waals surface area contributed by atoms with Gasteiger partial charge in [-0.1, -0.05) is 30.3 Å². The van der Waals surface area contributed by atoms with Crippen LogP contribution in [0.25, 0.3) is 28.0 Å². The van der Waals surface area contributed by atoms with Crippen LogP contribution < -0.4 is 5.73 Å². The van der Waals surface area contributed by atoms with Crippen molar-refractivity contribution in [2.45, 2.75) is 0 Å². The van der Waals surface area contributed by atoms with E-state index < -0.39 is 11.7 Å². The molecule has 0 saturated carbocycles. The summed E-state index contributed by atoms with van der Waals surface area (Å²) in [6.07, 6.45) is 3.37. The van der Waals surface area contributed by atoms with Crippen LogP contribution in [0.2, 0.25) is 0 Å². The minimum atomic E-state index is -0.641. The number of aromatic nitrogens is 3. The van der Waals surface area contributed by atoms with Crippen molar-refractivity contribution in [3.63, 3.8) is 0 Å². The summed E-state index contributed by atoms with van der Waals surface area (Å²) in [5, 5.41) is 4.43. The molecule has 0 saturated heterocycles. The van der Waals surface area contributed by atoms with Crippen molar-refractivity contribution in [3.05, 3.63) is 78.4 Å². The van der Waals surface area contributed by atoms with E-state index in [9.17, 15) is 9.18 Å². The molecule has 0 radical (unpaired) electrons. The number of carbonyl (C=O) groups is 1. The zero-order valence-electron chi connectivity index (χ0n) is 13.1. The molecule has 122 valence electrons. The number of hydrogen-bond donors (Lipinski definition) is 1. The van der Waals surface area contributed by atoms with E-state index >= 15 is 0 Å². The lowest BCUT2D eigenvalue weighted by Crippen LogP contribution is -2.13. The summed E-state index contributed by atoms with van der Waals surface area (Å²) >= 11 is 0. The van der Waals surface area contributed by atoms with Crippen LogP contribution in [0.1, 0.15) is 10.4 Å². The molecule has 2 N–H and O–H groups in total. The first kappa shape index (κ1) is 15.0. The Balaban J connectivity index is 2.08. The van der Waals surface area contributed by atoms with Gasteiger partial charge in [0.05, 0.1) is 5.69 Å². The molecule has 25 heavy (non-hydrogen) atoms. The molecule has 4 aromatic rings. The molecule has 0 aliphatic rings. The summed E-state index contributed by atoms with van der Waals surface area (Å²) in [6.45, 7) is 0. The maximum atomic E-state index is 14.7. The third-order valence-corrected chi connectivity index (χ3v) is 3.97. The minimum absolute atomic E-state index is 0.212. The van der Waals surface area contributed by atoms with Gasteiger partial charge in [0.2, 0.25) is 5.91 Å². The molecular formula is C19H13FN4O. The normalized spacial score (nSPS) is 10.9. The Morgan fingerprint density at radius 1 is 1.04 bits per heavy atom. The number of carbonyl (C=O) groups excluding carboxylic acids is 1. The molecule has 6 heteroatoms. The average molecular weight is 332 g/mol. The van der Waals surface area contributed by atoms with Crippen molar-refractivity contribution in [2.24, 2.45) is 5.73 Å². The number of halogens is 1. The molecular weight excluding hydrogens is 319 g/mol. The highest BCUT2D eigenvalue weighted by molar-refractivity contribution is 6.03. The van der Waals surface area contributed by atoms with Gasteiger partial charge in [-0.25, -0.2) is 13.9 Å². The lowest BCUT2D eigenvalue weighted by atomic mass is 9.92. The topological polar surface area (TPSA) is 73.3 Å². The summed E-state index contributed by atoms with van der Waals surface area (Å²) in [5.74, 6) is -1.09. The molecule has 0 fully saturated rings. The van der Waals surface area contributed by atoms with Crippen molar-refractivity contribution in [1.29, 1.82) is 0 Å². The van der Waals surface area contributed by atoms with E-state index in [-0.39, 0.29) is 5.56 Å². The fourth-order valence-corrected chi connectivity index (χ4v) is 2.89. The predicted molar refractivity (Wildman–Crippen MR) is 92.3 cm³/mol. The van der Waals surface area contributed by atoms with Gasteiger partial charge in [0.1, 0.15) is 5.82 Å². The first-order valence-corrected chi connectivity index (χ1v) is 7.63. The first-order valence-electron chi connectivity index (χ1n) is 7.63. The molecule has 0 spiro atoms. The maximum Gasteiger partial charge on any atom is 0.249 e. The van der Waals surface area contributed by atoms with Gasteiger partial charge in [0.15, 0.2) is 5.65 Å². The van der Waals surface area contributed by atoms with Crippen LogP contribution in [0.15, 0.2) is 67.0 Å². The molecule has 0 aliphatic heterocycles. The Kier molecular flexibility index (Phi) is 3.50. The smallest absolute Gasteiger partial charge is 0.249 e. The molecule has 0 aliphatic carbocycles. The molecule has 0 unspecified atom stereocenters. The number of hydrogen-bond acceptors (Lipinski definition) is 3. The van der Waals surface area contributed by atoms with Gasteiger partial charge >= 0.3 is 0 Å². The van der Waals surface area contributed by atoms with E-state index in [1.54, 1.807) is 53.3 Å². The van der Waals surface area contributed by atoms with E-state index in [2.05, 4.69) is 10.1 Å². The summed E-state index contributed by atoms with van der Waals surface area (Å²) in [5.41, 5.74) is 8.07. The van der Waals surface area contributed by atoms with E-state index in [1.807, 2.05) is 6.07 Å².